The number of hydrogen-bond donors (Lipinski definition) is 1. The van der Waals surface area contributed by atoms with Gasteiger partial charge in [-0.05, 0) is 31.0 Å². The summed E-state index contributed by atoms with van der Waals surface area (Å²) in [4.78, 5) is 25.3. The molecule has 4 heteroatoms. The summed E-state index contributed by atoms with van der Waals surface area (Å²) < 4.78 is 0. The monoisotopic (exact) mass is 259 g/mol. The first-order valence-electron chi connectivity index (χ1n) is 6.38. The van der Waals surface area contributed by atoms with Crippen molar-refractivity contribution >= 4 is 17.4 Å². The van der Waals surface area contributed by atoms with Gasteiger partial charge in [0.2, 0.25) is 0 Å². The second-order valence-electron chi connectivity index (χ2n) is 4.65. The fourth-order valence-electron chi connectivity index (χ4n) is 2.23. The van der Waals surface area contributed by atoms with Crippen LogP contribution in [0.25, 0.3) is 0 Å². The van der Waals surface area contributed by atoms with Crippen LogP contribution >= 0.6 is 0 Å². The fraction of sp³-hybridized carbons (Fsp3) is 0.333. The van der Waals surface area contributed by atoms with Gasteiger partial charge in [0, 0.05) is 24.2 Å². The number of aliphatic hydroxyl groups excluding tert-OH is 1. The highest BCUT2D eigenvalue weighted by Gasteiger charge is 2.30. The third kappa shape index (κ3) is 2.52. The van der Waals surface area contributed by atoms with Gasteiger partial charge in [-0.1, -0.05) is 19.1 Å². The second kappa shape index (κ2) is 5.26. The van der Waals surface area contributed by atoms with E-state index in [4.69, 9.17) is 0 Å². The van der Waals surface area contributed by atoms with Crippen LogP contribution in [0.5, 0.6) is 0 Å². The Hall–Kier alpha value is -2.10. The maximum Gasteiger partial charge on any atom is 0.293 e. The second-order valence-corrected chi connectivity index (χ2v) is 4.65. The standard InChI is InChI=1S/C15H17NO3/c1-3-13(17)12-7-8-16(15(19)14(12)18)11-6-4-5-10(2)9-11/h4-6,9,18H,3,7-8H2,1-2H3. The van der Waals surface area contributed by atoms with E-state index < -0.39 is 11.7 Å². The molecule has 0 radical (unpaired) electrons. The van der Waals surface area contributed by atoms with Crippen LogP contribution in [0.2, 0.25) is 0 Å². The maximum atomic E-state index is 12.1. The smallest absolute Gasteiger partial charge is 0.293 e. The fourth-order valence-corrected chi connectivity index (χ4v) is 2.23. The number of aliphatic hydroxyl groups is 1. The number of nitrogens with zero attached hydrogens (tertiary/aromatic N) is 1. The molecule has 0 saturated carbocycles. The molecule has 0 saturated heterocycles. The number of hydrogen-bond acceptors (Lipinski definition) is 3. The molecule has 0 unspecified atom stereocenters. The Morgan fingerprint density at radius 1 is 1.42 bits per heavy atom. The number of aryl methyl sites for hydroxylation is 1. The lowest BCUT2D eigenvalue weighted by Crippen LogP contribution is -2.38. The number of anilines is 1. The number of Topliss-reactive ketones (excluding diaryl/α,β-unsaturated/α-hetero) is 1. The minimum Gasteiger partial charge on any atom is -0.503 e. The van der Waals surface area contributed by atoms with Gasteiger partial charge in [-0.3, -0.25) is 9.59 Å². The summed E-state index contributed by atoms with van der Waals surface area (Å²) in [6, 6.07) is 7.52. The minimum atomic E-state index is -0.492. The lowest BCUT2D eigenvalue weighted by Gasteiger charge is -2.27. The molecule has 1 aliphatic heterocycles. The van der Waals surface area contributed by atoms with E-state index in [1.54, 1.807) is 6.92 Å². The zero-order valence-corrected chi connectivity index (χ0v) is 11.1. The Labute approximate surface area is 112 Å². The SMILES string of the molecule is CCC(=O)C1=C(O)C(=O)N(c2cccc(C)c2)CC1. The number of carbonyl (C=O) groups excluding carboxylic acids is 2. The van der Waals surface area contributed by atoms with Crippen molar-refractivity contribution in [1.29, 1.82) is 0 Å². The van der Waals surface area contributed by atoms with Crippen molar-refractivity contribution in [3.8, 4) is 0 Å². The minimum absolute atomic E-state index is 0.158. The summed E-state index contributed by atoms with van der Waals surface area (Å²) in [7, 11) is 0. The van der Waals surface area contributed by atoms with E-state index in [1.165, 1.54) is 4.90 Å². The Morgan fingerprint density at radius 2 is 2.16 bits per heavy atom. The molecule has 1 aliphatic rings. The molecule has 1 aromatic rings. The predicted octanol–water partition coefficient (Wildman–Crippen LogP) is 2.52. The van der Waals surface area contributed by atoms with Gasteiger partial charge in [-0.15, -0.1) is 0 Å². The average molecular weight is 259 g/mol. The quantitative estimate of drug-likeness (QED) is 0.907. The summed E-state index contributed by atoms with van der Waals surface area (Å²) in [5.41, 5.74) is 2.06. The first-order chi connectivity index (χ1) is 9.04. The third-order valence-corrected chi connectivity index (χ3v) is 3.29. The Bertz CT molecular complexity index is 560. The number of rotatable bonds is 3. The van der Waals surface area contributed by atoms with E-state index >= 15 is 0 Å². The Balaban J connectivity index is 2.32. The zero-order valence-electron chi connectivity index (χ0n) is 11.1. The first kappa shape index (κ1) is 13.3. The molecular weight excluding hydrogens is 242 g/mol. The molecule has 1 aromatic carbocycles. The van der Waals surface area contributed by atoms with E-state index in [0.717, 1.165) is 11.3 Å². The topological polar surface area (TPSA) is 57.6 Å². The van der Waals surface area contributed by atoms with E-state index in [1.807, 2.05) is 31.2 Å². The van der Waals surface area contributed by atoms with Gasteiger partial charge in [0.25, 0.3) is 5.91 Å². The molecule has 1 heterocycles. The van der Waals surface area contributed by atoms with Crippen molar-refractivity contribution < 1.29 is 14.7 Å². The lowest BCUT2D eigenvalue weighted by atomic mass is 9.99. The van der Waals surface area contributed by atoms with Gasteiger partial charge in [0.15, 0.2) is 11.5 Å². The van der Waals surface area contributed by atoms with Gasteiger partial charge >= 0.3 is 0 Å². The molecule has 1 N–H and O–H groups in total. The van der Waals surface area contributed by atoms with E-state index in [9.17, 15) is 14.7 Å². The highest BCUT2D eigenvalue weighted by Crippen LogP contribution is 2.25. The van der Waals surface area contributed by atoms with E-state index in [-0.39, 0.29) is 11.4 Å². The van der Waals surface area contributed by atoms with Crippen LogP contribution < -0.4 is 4.90 Å². The molecule has 2 rings (SSSR count). The van der Waals surface area contributed by atoms with Gasteiger partial charge in [0.05, 0.1) is 0 Å². The summed E-state index contributed by atoms with van der Waals surface area (Å²) >= 11 is 0. The molecule has 0 aromatic heterocycles. The number of ketones is 1. The first-order valence-corrected chi connectivity index (χ1v) is 6.38. The van der Waals surface area contributed by atoms with Crippen LogP contribution in [0.4, 0.5) is 5.69 Å². The van der Waals surface area contributed by atoms with Crippen molar-refractivity contribution in [2.45, 2.75) is 26.7 Å². The van der Waals surface area contributed by atoms with Crippen LogP contribution in [-0.4, -0.2) is 23.3 Å². The number of benzene rings is 1. The number of amides is 1. The summed E-state index contributed by atoms with van der Waals surface area (Å²) in [5, 5.41) is 9.91. The van der Waals surface area contributed by atoms with Crippen molar-refractivity contribution in [1.82, 2.24) is 0 Å². The van der Waals surface area contributed by atoms with E-state index in [0.29, 0.717) is 19.4 Å². The van der Waals surface area contributed by atoms with Crippen LogP contribution in [-0.2, 0) is 9.59 Å². The molecule has 0 bridgehead atoms. The lowest BCUT2D eigenvalue weighted by molar-refractivity contribution is -0.120. The molecule has 19 heavy (non-hydrogen) atoms. The van der Waals surface area contributed by atoms with Gasteiger partial charge in [-0.25, -0.2) is 0 Å². The predicted molar refractivity (Wildman–Crippen MR) is 73.1 cm³/mol. The molecule has 4 nitrogen and oxygen atoms in total. The molecule has 0 spiro atoms. The Morgan fingerprint density at radius 3 is 2.79 bits per heavy atom. The van der Waals surface area contributed by atoms with E-state index in [2.05, 4.69) is 0 Å². The van der Waals surface area contributed by atoms with Gasteiger partial charge in [-0.2, -0.15) is 0 Å². The van der Waals surface area contributed by atoms with Crippen molar-refractivity contribution in [3.63, 3.8) is 0 Å². The molecule has 0 atom stereocenters. The van der Waals surface area contributed by atoms with Gasteiger partial charge in [0.1, 0.15) is 0 Å². The normalized spacial score (nSPS) is 15.9. The number of carbonyl (C=O) groups is 2. The van der Waals surface area contributed by atoms with Crippen molar-refractivity contribution in [2.24, 2.45) is 0 Å². The molecule has 1 amide bonds. The largest absolute Gasteiger partial charge is 0.503 e. The van der Waals surface area contributed by atoms with Crippen LogP contribution in [0.3, 0.4) is 0 Å². The molecule has 0 fully saturated rings. The summed E-state index contributed by atoms with van der Waals surface area (Å²) in [5.74, 6) is -1.05. The van der Waals surface area contributed by atoms with Crippen molar-refractivity contribution in [3.05, 3.63) is 41.2 Å². The van der Waals surface area contributed by atoms with Crippen LogP contribution in [0, 0.1) is 6.92 Å². The zero-order chi connectivity index (χ0) is 14.0. The third-order valence-electron chi connectivity index (χ3n) is 3.29. The highest BCUT2D eigenvalue weighted by atomic mass is 16.3. The maximum absolute atomic E-state index is 12.1. The molecule has 0 aliphatic carbocycles. The highest BCUT2D eigenvalue weighted by molar-refractivity contribution is 6.11. The van der Waals surface area contributed by atoms with Crippen molar-refractivity contribution in [2.75, 3.05) is 11.4 Å². The Kier molecular flexibility index (Phi) is 3.69. The molecular formula is C15H17NO3. The average Bonchev–Trinajstić information content (AvgIpc) is 2.41. The van der Waals surface area contributed by atoms with Crippen LogP contribution in [0.1, 0.15) is 25.3 Å². The van der Waals surface area contributed by atoms with Gasteiger partial charge < -0.3 is 10.0 Å². The summed E-state index contributed by atoms with van der Waals surface area (Å²) in [6.45, 7) is 4.09. The summed E-state index contributed by atoms with van der Waals surface area (Å²) in [6.07, 6.45) is 0.704. The van der Waals surface area contributed by atoms with Crippen LogP contribution in [0.15, 0.2) is 35.6 Å². The molecule has 100 valence electrons.